The summed E-state index contributed by atoms with van der Waals surface area (Å²) in [5, 5.41) is 4.30. The van der Waals surface area contributed by atoms with Crippen LogP contribution in [-0.2, 0) is 0 Å². The Kier molecular flexibility index (Phi) is 1.65. The van der Waals surface area contributed by atoms with Crippen molar-refractivity contribution in [3.63, 3.8) is 0 Å². The summed E-state index contributed by atoms with van der Waals surface area (Å²) in [4.78, 5) is 0. The smallest absolute Gasteiger partial charge is 0.0696 e. The van der Waals surface area contributed by atoms with Crippen molar-refractivity contribution in [3.8, 4) is 0 Å². The Morgan fingerprint density at radius 3 is 2.38 bits per heavy atom. The van der Waals surface area contributed by atoms with Crippen molar-refractivity contribution in [1.29, 1.82) is 0 Å². The highest BCUT2D eigenvalue weighted by Gasteiger charge is 2.08. The molecule has 0 saturated carbocycles. The van der Waals surface area contributed by atoms with Crippen molar-refractivity contribution < 1.29 is 0 Å². The van der Waals surface area contributed by atoms with Gasteiger partial charge in [-0.05, 0) is 50.5 Å². The van der Waals surface area contributed by atoms with Crippen LogP contribution < -0.4 is 0 Å². The third kappa shape index (κ3) is 0.981. The molecule has 0 aliphatic rings. The molecule has 0 aliphatic heterocycles. The molecule has 0 spiro atoms. The lowest BCUT2D eigenvalue weighted by Gasteiger charge is -2.11. The third-order valence-electron chi connectivity index (χ3n) is 3.01. The van der Waals surface area contributed by atoms with Crippen LogP contribution in [0.25, 0.3) is 5.52 Å². The van der Waals surface area contributed by atoms with Crippen LogP contribution in [0, 0.1) is 27.7 Å². The molecular weight excluding hydrogens is 160 g/mol. The summed E-state index contributed by atoms with van der Waals surface area (Å²) < 4.78 is 2.01. The maximum Gasteiger partial charge on any atom is 0.0696 e. The molecular formula is C11H14N2. The van der Waals surface area contributed by atoms with Gasteiger partial charge in [0.1, 0.15) is 0 Å². The fraction of sp³-hybridized carbons (Fsp3) is 0.364. The van der Waals surface area contributed by atoms with E-state index in [1.807, 2.05) is 10.7 Å². The molecule has 0 atom stereocenters. The highest BCUT2D eigenvalue weighted by Crippen LogP contribution is 2.20. The van der Waals surface area contributed by atoms with Crippen molar-refractivity contribution in [2.45, 2.75) is 27.7 Å². The highest BCUT2D eigenvalue weighted by atomic mass is 15.2. The van der Waals surface area contributed by atoms with E-state index in [9.17, 15) is 0 Å². The van der Waals surface area contributed by atoms with Crippen LogP contribution in [0.15, 0.2) is 12.3 Å². The van der Waals surface area contributed by atoms with Crippen molar-refractivity contribution in [2.24, 2.45) is 0 Å². The molecule has 0 fully saturated rings. The lowest BCUT2D eigenvalue weighted by Crippen LogP contribution is -2.01. The number of aryl methyl sites for hydroxylation is 2. The molecule has 0 saturated heterocycles. The van der Waals surface area contributed by atoms with Gasteiger partial charge in [-0.2, -0.15) is 5.10 Å². The molecule has 2 heteroatoms. The van der Waals surface area contributed by atoms with Crippen LogP contribution in [0.1, 0.15) is 22.4 Å². The minimum absolute atomic E-state index is 1.22. The number of aromatic nitrogens is 2. The molecule has 2 aromatic rings. The highest BCUT2D eigenvalue weighted by molar-refractivity contribution is 5.59. The largest absolute Gasteiger partial charge is 0.238 e. The average molecular weight is 174 g/mol. The fourth-order valence-electron chi connectivity index (χ4n) is 1.76. The van der Waals surface area contributed by atoms with E-state index in [1.54, 1.807) is 0 Å². The topological polar surface area (TPSA) is 17.3 Å². The number of hydrogen-bond acceptors (Lipinski definition) is 1. The van der Waals surface area contributed by atoms with E-state index in [2.05, 4.69) is 38.9 Å². The zero-order valence-corrected chi connectivity index (χ0v) is 8.55. The van der Waals surface area contributed by atoms with Gasteiger partial charge in [0, 0.05) is 11.9 Å². The first-order valence-corrected chi connectivity index (χ1v) is 4.53. The van der Waals surface area contributed by atoms with Gasteiger partial charge in [-0.1, -0.05) is 0 Å². The number of rotatable bonds is 0. The molecule has 0 radical (unpaired) electrons. The number of nitrogens with zero attached hydrogens (tertiary/aromatic N) is 2. The lowest BCUT2D eigenvalue weighted by atomic mass is 10.0. The Morgan fingerprint density at radius 2 is 1.69 bits per heavy atom. The zero-order valence-electron chi connectivity index (χ0n) is 8.55. The molecule has 2 nitrogen and oxygen atoms in total. The summed E-state index contributed by atoms with van der Waals surface area (Å²) in [6.07, 6.45) is 1.86. The first kappa shape index (κ1) is 8.30. The van der Waals surface area contributed by atoms with E-state index in [-0.39, 0.29) is 0 Å². The monoisotopic (exact) mass is 174 g/mol. The molecule has 0 aliphatic carbocycles. The summed E-state index contributed by atoms with van der Waals surface area (Å²) >= 11 is 0. The quantitative estimate of drug-likeness (QED) is 0.600. The van der Waals surface area contributed by atoms with Gasteiger partial charge in [-0.3, -0.25) is 0 Å². The fourth-order valence-corrected chi connectivity index (χ4v) is 1.76. The first-order valence-electron chi connectivity index (χ1n) is 4.53. The standard InChI is InChI=1S/C11H14N2/c1-7-8(2)10(4)13-11(9(7)3)5-6-12-13/h5-6H,1-4H3. The maximum absolute atomic E-state index is 4.30. The predicted octanol–water partition coefficient (Wildman–Crippen LogP) is 2.57. The molecule has 0 amide bonds. The van der Waals surface area contributed by atoms with E-state index < -0.39 is 0 Å². The van der Waals surface area contributed by atoms with Gasteiger partial charge in [0.25, 0.3) is 0 Å². The minimum Gasteiger partial charge on any atom is -0.238 e. The Balaban J connectivity index is 3.02. The van der Waals surface area contributed by atoms with E-state index in [0.29, 0.717) is 0 Å². The second-order valence-electron chi connectivity index (χ2n) is 3.59. The Hall–Kier alpha value is -1.31. The van der Waals surface area contributed by atoms with Crippen molar-refractivity contribution >= 4 is 5.52 Å². The molecule has 13 heavy (non-hydrogen) atoms. The van der Waals surface area contributed by atoms with Crippen LogP contribution in [0.4, 0.5) is 0 Å². The molecule has 2 rings (SSSR count). The van der Waals surface area contributed by atoms with Crippen molar-refractivity contribution in [2.75, 3.05) is 0 Å². The van der Waals surface area contributed by atoms with Gasteiger partial charge in [0.2, 0.25) is 0 Å². The average Bonchev–Trinajstić information content (AvgIpc) is 2.59. The van der Waals surface area contributed by atoms with Crippen LogP contribution in [0.3, 0.4) is 0 Å². The minimum atomic E-state index is 1.22. The van der Waals surface area contributed by atoms with E-state index in [0.717, 1.165) is 0 Å². The number of pyridine rings is 1. The maximum atomic E-state index is 4.30. The molecule has 68 valence electrons. The predicted molar refractivity (Wildman–Crippen MR) is 54.1 cm³/mol. The van der Waals surface area contributed by atoms with Gasteiger partial charge in [0.15, 0.2) is 0 Å². The Bertz CT molecular complexity index is 424. The van der Waals surface area contributed by atoms with E-state index in [1.165, 1.54) is 27.9 Å². The molecule has 0 bridgehead atoms. The van der Waals surface area contributed by atoms with E-state index >= 15 is 0 Å². The second-order valence-corrected chi connectivity index (χ2v) is 3.59. The van der Waals surface area contributed by atoms with Gasteiger partial charge in [0.05, 0.1) is 5.52 Å². The summed E-state index contributed by atoms with van der Waals surface area (Å²) in [5.74, 6) is 0. The molecule has 0 N–H and O–H groups in total. The molecule has 0 unspecified atom stereocenters. The van der Waals surface area contributed by atoms with Crippen LogP contribution in [-0.4, -0.2) is 9.61 Å². The van der Waals surface area contributed by atoms with Gasteiger partial charge >= 0.3 is 0 Å². The van der Waals surface area contributed by atoms with Crippen LogP contribution >= 0.6 is 0 Å². The number of hydrogen-bond donors (Lipinski definition) is 0. The van der Waals surface area contributed by atoms with E-state index in [4.69, 9.17) is 0 Å². The van der Waals surface area contributed by atoms with Crippen LogP contribution in [0.5, 0.6) is 0 Å². The summed E-state index contributed by atoms with van der Waals surface area (Å²) in [7, 11) is 0. The SMILES string of the molecule is Cc1c(C)c(C)n2nccc2c1C. The normalized spacial score (nSPS) is 11.1. The first-order chi connectivity index (χ1) is 6.13. The van der Waals surface area contributed by atoms with Gasteiger partial charge < -0.3 is 0 Å². The Morgan fingerprint density at radius 1 is 1.00 bits per heavy atom. The van der Waals surface area contributed by atoms with Crippen LogP contribution in [0.2, 0.25) is 0 Å². The van der Waals surface area contributed by atoms with Gasteiger partial charge in [-0.15, -0.1) is 0 Å². The summed E-state index contributed by atoms with van der Waals surface area (Å²) in [5.41, 5.74) is 6.52. The molecule has 2 heterocycles. The second kappa shape index (κ2) is 2.59. The van der Waals surface area contributed by atoms with Crippen molar-refractivity contribution in [1.82, 2.24) is 9.61 Å². The molecule has 0 aromatic carbocycles. The number of fused-ring (bicyclic) bond motifs is 1. The Labute approximate surface area is 78.2 Å². The van der Waals surface area contributed by atoms with Gasteiger partial charge in [-0.25, -0.2) is 4.52 Å². The van der Waals surface area contributed by atoms with Crippen molar-refractivity contribution in [3.05, 3.63) is 34.6 Å². The lowest BCUT2D eigenvalue weighted by molar-refractivity contribution is 0.891. The summed E-state index contributed by atoms with van der Waals surface area (Å²) in [6, 6.07) is 2.06. The zero-order chi connectivity index (χ0) is 9.59. The third-order valence-corrected chi connectivity index (χ3v) is 3.01. The summed E-state index contributed by atoms with van der Waals surface area (Å²) in [6.45, 7) is 8.59. The molecule has 2 aromatic heterocycles.